The van der Waals surface area contributed by atoms with E-state index in [0.717, 1.165) is 51.4 Å². The van der Waals surface area contributed by atoms with E-state index in [9.17, 15) is 24.2 Å². The van der Waals surface area contributed by atoms with Gasteiger partial charge in [-0.15, -0.1) is 0 Å². The summed E-state index contributed by atoms with van der Waals surface area (Å²) in [5, 5.41) is 18.1. The van der Waals surface area contributed by atoms with E-state index in [1.54, 1.807) is 0 Å². The summed E-state index contributed by atoms with van der Waals surface area (Å²) in [7, 11) is -4.59. The molecule has 0 aromatic rings. The lowest BCUT2D eigenvalue weighted by Crippen LogP contribution is -2.29. The average Bonchev–Trinajstić information content (AvgIpc) is 2.95. The van der Waals surface area contributed by atoms with Crippen molar-refractivity contribution in [2.45, 2.75) is 142 Å². The lowest BCUT2D eigenvalue weighted by Gasteiger charge is -2.20. The summed E-state index contributed by atoms with van der Waals surface area (Å²) < 4.78 is 32.1. The van der Waals surface area contributed by atoms with Crippen LogP contribution in [0.1, 0.15) is 129 Å². The first-order chi connectivity index (χ1) is 19.7. The molecule has 0 fully saturated rings. The molecule has 0 amide bonds. The zero-order valence-electron chi connectivity index (χ0n) is 25.5. The molecule has 242 valence electrons. The predicted molar refractivity (Wildman–Crippen MR) is 159 cm³/mol. The molecule has 3 unspecified atom stereocenters. The van der Waals surface area contributed by atoms with Gasteiger partial charge in [0.25, 0.3) is 0 Å². The molecule has 10 nitrogen and oxygen atoms in total. The molecular weight excluding hydrogens is 551 g/mol. The van der Waals surface area contributed by atoms with Gasteiger partial charge in [-0.3, -0.25) is 18.6 Å². The highest BCUT2D eigenvalue weighted by molar-refractivity contribution is 7.47. The van der Waals surface area contributed by atoms with E-state index < -0.39 is 51.8 Å². The van der Waals surface area contributed by atoms with E-state index in [-0.39, 0.29) is 19.4 Å². The van der Waals surface area contributed by atoms with Crippen LogP contribution in [0.25, 0.3) is 0 Å². The predicted octanol–water partition coefficient (Wildman–Crippen LogP) is 6.55. The summed E-state index contributed by atoms with van der Waals surface area (Å²) in [4.78, 5) is 34.1. The van der Waals surface area contributed by atoms with Crippen LogP contribution in [0.3, 0.4) is 0 Å². The van der Waals surface area contributed by atoms with Gasteiger partial charge in [0.15, 0.2) is 6.10 Å². The summed E-state index contributed by atoms with van der Waals surface area (Å²) in [5.74, 6) is -0.964. The Morgan fingerprint density at radius 3 is 1.80 bits per heavy atom. The van der Waals surface area contributed by atoms with Gasteiger partial charge in [0.05, 0.1) is 19.8 Å². The standard InChI is InChI=1S/C30H57O10P/c1-3-5-7-8-9-10-11-12-13-14-15-16-17-18-20-22-30(34)40-28(25-37-29(33)21-19-6-4-2)26-39-41(35,36)38-24-27(32)23-31/h12-13,27-28,31-32H,3-11,14-26H2,1-2H3,(H,35,36)/b13-12-. The van der Waals surface area contributed by atoms with Crippen molar-refractivity contribution < 1.29 is 47.8 Å². The summed E-state index contributed by atoms with van der Waals surface area (Å²) >= 11 is 0. The molecule has 0 bridgehead atoms. The topological polar surface area (TPSA) is 149 Å². The highest BCUT2D eigenvalue weighted by Crippen LogP contribution is 2.43. The van der Waals surface area contributed by atoms with Crippen molar-refractivity contribution in [2.75, 3.05) is 26.4 Å². The summed E-state index contributed by atoms with van der Waals surface area (Å²) in [6, 6.07) is 0. The second kappa shape index (κ2) is 27.5. The van der Waals surface area contributed by atoms with Gasteiger partial charge in [-0.25, -0.2) is 4.57 Å². The number of aliphatic hydroxyl groups is 2. The number of unbranched alkanes of at least 4 members (excludes halogenated alkanes) is 13. The van der Waals surface area contributed by atoms with Crippen LogP contribution in [0.5, 0.6) is 0 Å². The molecule has 41 heavy (non-hydrogen) atoms. The molecule has 0 aliphatic rings. The number of rotatable bonds is 29. The molecule has 0 heterocycles. The van der Waals surface area contributed by atoms with E-state index in [0.29, 0.717) is 12.8 Å². The van der Waals surface area contributed by atoms with Gasteiger partial charge < -0.3 is 24.6 Å². The van der Waals surface area contributed by atoms with Crippen molar-refractivity contribution in [3.05, 3.63) is 12.2 Å². The van der Waals surface area contributed by atoms with Crippen molar-refractivity contribution in [1.82, 2.24) is 0 Å². The lowest BCUT2D eigenvalue weighted by atomic mass is 10.1. The third-order valence-electron chi connectivity index (χ3n) is 6.42. The third kappa shape index (κ3) is 27.3. The Balaban J connectivity index is 4.28. The van der Waals surface area contributed by atoms with E-state index in [2.05, 4.69) is 23.6 Å². The first-order valence-electron chi connectivity index (χ1n) is 15.6. The molecule has 0 radical (unpaired) electrons. The van der Waals surface area contributed by atoms with E-state index >= 15 is 0 Å². The van der Waals surface area contributed by atoms with Crippen LogP contribution in [0.15, 0.2) is 12.2 Å². The van der Waals surface area contributed by atoms with Gasteiger partial charge in [0, 0.05) is 12.8 Å². The SMILES string of the molecule is CCCCCCCC/C=C\CCCCCCCC(=O)OC(COC(=O)CCCCC)COP(=O)(O)OCC(O)CO. The molecule has 0 saturated carbocycles. The van der Waals surface area contributed by atoms with Crippen molar-refractivity contribution in [1.29, 1.82) is 0 Å². The molecular formula is C30H57O10P. The number of aliphatic hydroxyl groups excluding tert-OH is 2. The second-order valence-electron chi connectivity index (χ2n) is 10.5. The van der Waals surface area contributed by atoms with Crippen LogP contribution in [0, 0.1) is 0 Å². The molecule has 0 aromatic heterocycles. The lowest BCUT2D eigenvalue weighted by molar-refractivity contribution is -0.161. The fourth-order valence-electron chi connectivity index (χ4n) is 3.93. The number of ether oxygens (including phenoxy) is 2. The van der Waals surface area contributed by atoms with Crippen molar-refractivity contribution in [3.8, 4) is 0 Å². The largest absolute Gasteiger partial charge is 0.472 e. The van der Waals surface area contributed by atoms with Gasteiger partial charge in [-0.05, 0) is 38.5 Å². The summed E-state index contributed by atoms with van der Waals surface area (Å²) in [5.41, 5.74) is 0. The molecule has 0 spiro atoms. The quantitative estimate of drug-likeness (QED) is 0.0369. The fraction of sp³-hybridized carbons (Fsp3) is 0.867. The number of carbonyl (C=O) groups excluding carboxylic acids is 2. The molecule has 0 aromatic carbocycles. The Hall–Kier alpha value is -1.29. The second-order valence-corrected chi connectivity index (χ2v) is 11.9. The maximum atomic E-state index is 12.4. The summed E-state index contributed by atoms with van der Waals surface area (Å²) in [6.07, 6.45) is 20.0. The van der Waals surface area contributed by atoms with Crippen LogP contribution in [0.4, 0.5) is 0 Å². The minimum atomic E-state index is -4.59. The average molecular weight is 609 g/mol. The van der Waals surface area contributed by atoms with Gasteiger partial charge in [0.2, 0.25) is 0 Å². The molecule has 3 N–H and O–H groups in total. The van der Waals surface area contributed by atoms with Gasteiger partial charge >= 0.3 is 19.8 Å². The Morgan fingerprint density at radius 1 is 0.707 bits per heavy atom. The van der Waals surface area contributed by atoms with Crippen LogP contribution >= 0.6 is 7.82 Å². The molecule has 0 saturated heterocycles. The van der Waals surface area contributed by atoms with Crippen LogP contribution in [0.2, 0.25) is 0 Å². The van der Waals surface area contributed by atoms with Crippen molar-refractivity contribution in [2.24, 2.45) is 0 Å². The highest BCUT2D eigenvalue weighted by Gasteiger charge is 2.27. The van der Waals surface area contributed by atoms with Crippen molar-refractivity contribution >= 4 is 19.8 Å². The number of esters is 2. The highest BCUT2D eigenvalue weighted by atomic mass is 31.2. The Morgan fingerprint density at radius 2 is 1.20 bits per heavy atom. The number of allylic oxidation sites excluding steroid dienone is 2. The first-order valence-corrected chi connectivity index (χ1v) is 17.1. The number of hydrogen-bond acceptors (Lipinski definition) is 9. The minimum absolute atomic E-state index is 0.176. The number of hydrogen-bond donors (Lipinski definition) is 3. The first kappa shape index (κ1) is 39.7. The number of carbonyl (C=O) groups is 2. The maximum Gasteiger partial charge on any atom is 0.472 e. The third-order valence-corrected chi connectivity index (χ3v) is 7.37. The van der Waals surface area contributed by atoms with Crippen LogP contribution < -0.4 is 0 Å². The Labute approximate surface area is 247 Å². The van der Waals surface area contributed by atoms with Crippen LogP contribution in [-0.2, 0) is 32.7 Å². The Kier molecular flexibility index (Phi) is 26.7. The molecule has 0 aliphatic heterocycles. The van der Waals surface area contributed by atoms with E-state index in [1.807, 2.05) is 6.92 Å². The molecule has 11 heteroatoms. The maximum absolute atomic E-state index is 12.4. The minimum Gasteiger partial charge on any atom is -0.462 e. The van der Waals surface area contributed by atoms with Crippen molar-refractivity contribution in [3.63, 3.8) is 0 Å². The van der Waals surface area contributed by atoms with Crippen LogP contribution in [-0.4, -0.2) is 65.7 Å². The van der Waals surface area contributed by atoms with E-state index in [1.165, 1.54) is 38.5 Å². The molecule has 0 rings (SSSR count). The normalized spacial score (nSPS) is 14.6. The zero-order chi connectivity index (χ0) is 30.6. The summed E-state index contributed by atoms with van der Waals surface area (Å²) in [6.45, 7) is 2.13. The fourth-order valence-corrected chi connectivity index (χ4v) is 4.72. The molecule has 0 aliphatic carbocycles. The zero-order valence-corrected chi connectivity index (χ0v) is 26.4. The Bertz CT molecular complexity index is 715. The number of phosphoric acid groups is 1. The van der Waals surface area contributed by atoms with Gasteiger partial charge in [-0.2, -0.15) is 0 Å². The van der Waals surface area contributed by atoms with E-state index in [4.69, 9.17) is 19.1 Å². The van der Waals surface area contributed by atoms with Gasteiger partial charge in [-0.1, -0.05) is 90.2 Å². The molecule has 3 atom stereocenters. The smallest absolute Gasteiger partial charge is 0.462 e. The monoisotopic (exact) mass is 608 g/mol. The van der Waals surface area contributed by atoms with Gasteiger partial charge in [0.1, 0.15) is 12.7 Å². The number of phosphoric ester groups is 1.